The average molecular weight is 307 g/mol. The molecule has 1 unspecified atom stereocenters. The molecule has 1 atom stereocenters. The number of nitrogens with two attached hydrogens (primary N) is 1. The fraction of sp³-hybridized carbons (Fsp3) is 0.182. The monoisotopic (exact) mass is 306 g/mol. The number of rotatable bonds is 3. The van der Waals surface area contributed by atoms with Crippen LogP contribution < -0.4 is 11.3 Å². The van der Waals surface area contributed by atoms with Gasteiger partial charge in [-0.05, 0) is 12.1 Å². The minimum absolute atomic E-state index is 0.00472. The van der Waals surface area contributed by atoms with Crippen molar-refractivity contribution in [3.05, 3.63) is 51.3 Å². The average Bonchev–Trinajstić information content (AvgIpc) is 2.68. The fourth-order valence-corrected chi connectivity index (χ4v) is 2.25. The van der Waals surface area contributed by atoms with Crippen molar-refractivity contribution < 1.29 is 8.78 Å². The van der Waals surface area contributed by atoms with Crippen LogP contribution in [0.3, 0.4) is 0 Å². The van der Waals surface area contributed by atoms with Crippen molar-refractivity contribution in [2.24, 2.45) is 12.9 Å². The number of hydrogen-bond acceptors (Lipinski definition) is 3. The lowest BCUT2D eigenvalue weighted by atomic mass is 10.0. The van der Waals surface area contributed by atoms with E-state index in [9.17, 15) is 8.78 Å². The lowest BCUT2D eigenvalue weighted by Gasteiger charge is -2.18. The van der Waals surface area contributed by atoms with Gasteiger partial charge in [-0.25, -0.2) is 14.2 Å². The molecule has 2 rings (SSSR count). The molecule has 0 aliphatic heterocycles. The molecular formula is C11H10Cl2F2N4. The first-order valence-electron chi connectivity index (χ1n) is 5.23. The second-order valence-corrected chi connectivity index (χ2v) is 4.70. The highest BCUT2D eigenvalue weighted by Gasteiger charge is 2.24. The van der Waals surface area contributed by atoms with Crippen LogP contribution in [0.1, 0.15) is 17.3 Å². The van der Waals surface area contributed by atoms with Crippen molar-refractivity contribution in [2.45, 2.75) is 6.04 Å². The van der Waals surface area contributed by atoms with Crippen LogP contribution in [0.4, 0.5) is 8.78 Å². The molecule has 102 valence electrons. The predicted molar refractivity (Wildman–Crippen MR) is 68.8 cm³/mol. The summed E-state index contributed by atoms with van der Waals surface area (Å²) in [7, 11) is 1.62. The lowest BCUT2D eigenvalue weighted by Crippen LogP contribution is -2.31. The summed E-state index contributed by atoms with van der Waals surface area (Å²) < 4.78 is 28.8. The van der Waals surface area contributed by atoms with Gasteiger partial charge in [0.05, 0.1) is 28.0 Å². The molecule has 0 amide bonds. The Kier molecular flexibility index (Phi) is 4.05. The van der Waals surface area contributed by atoms with Gasteiger partial charge in [-0.1, -0.05) is 23.2 Å². The van der Waals surface area contributed by atoms with E-state index in [0.717, 1.165) is 12.1 Å². The maximum Gasteiger partial charge on any atom is 0.142 e. The van der Waals surface area contributed by atoms with E-state index in [1.807, 2.05) is 0 Å². The van der Waals surface area contributed by atoms with E-state index >= 15 is 0 Å². The molecule has 0 saturated carbocycles. The molecule has 8 heteroatoms. The molecule has 1 aromatic heterocycles. The number of hydrogen-bond donors (Lipinski definition) is 2. The summed E-state index contributed by atoms with van der Waals surface area (Å²) in [5.41, 5.74) is 2.81. The van der Waals surface area contributed by atoms with Gasteiger partial charge in [-0.2, -0.15) is 5.10 Å². The van der Waals surface area contributed by atoms with E-state index in [2.05, 4.69) is 10.5 Å². The van der Waals surface area contributed by atoms with E-state index in [4.69, 9.17) is 29.0 Å². The van der Waals surface area contributed by atoms with Crippen molar-refractivity contribution in [3.63, 3.8) is 0 Å². The van der Waals surface area contributed by atoms with Gasteiger partial charge in [0.25, 0.3) is 0 Å². The predicted octanol–water partition coefficient (Wildman–Crippen LogP) is 2.56. The van der Waals surface area contributed by atoms with Crippen LogP contribution in [-0.2, 0) is 7.05 Å². The third-order valence-electron chi connectivity index (χ3n) is 2.73. The number of hydrazine groups is 1. The van der Waals surface area contributed by atoms with Gasteiger partial charge < -0.3 is 0 Å². The fourth-order valence-electron chi connectivity index (χ4n) is 1.82. The minimum Gasteiger partial charge on any atom is -0.271 e. The third kappa shape index (κ3) is 2.57. The van der Waals surface area contributed by atoms with Crippen LogP contribution in [0.5, 0.6) is 0 Å². The molecule has 2 aromatic rings. The molecule has 0 fully saturated rings. The van der Waals surface area contributed by atoms with E-state index in [1.54, 1.807) is 7.05 Å². The van der Waals surface area contributed by atoms with E-state index in [-0.39, 0.29) is 10.6 Å². The van der Waals surface area contributed by atoms with Gasteiger partial charge in [0, 0.05) is 12.6 Å². The van der Waals surface area contributed by atoms with E-state index in [0.29, 0.717) is 10.7 Å². The van der Waals surface area contributed by atoms with Crippen LogP contribution in [-0.4, -0.2) is 9.78 Å². The van der Waals surface area contributed by atoms with E-state index < -0.39 is 17.7 Å². The summed E-state index contributed by atoms with van der Waals surface area (Å²) in [5, 5.41) is 3.92. The molecule has 3 N–H and O–H groups in total. The largest absolute Gasteiger partial charge is 0.271 e. The highest BCUT2D eigenvalue weighted by molar-refractivity contribution is 6.31. The Morgan fingerprint density at radius 3 is 2.47 bits per heavy atom. The summed E-state index contributed by atoms with van der Waals surface area (Å²) >= 11 is 11.5. The smallest absolute Gasteiger partial charge is 0.142 e. The van der Waals surface area contributed by atoms with Crippen molar-refractivity contribution in [1.82, 2.24) is 15.2 Å². The summed E-state index contributed by atoms with van der Waals surface area (Å²) in [6.07, 6.45) is 1.39. The molecule has 0 spiro atoms. The first-order valence-corrected chi connectivity index (χ1v) is 5.99. The molecule has 0 saturated heterocycles. The highest BCUT2D eigenvalue weighted by atomic mass is 35.5. The normalized spacial score (nSPS) is 12.7. The molecule has 1 aromatic carbocycles. The first kappa shape index (κ1) is 14.2. The molecule has 19 heavy (non-hydrogen) atoms. The number of nitrogens with one attached hydrogen (secondary N) is 1. The molecule has 0 bridgehead atoms. The number of halogens is 4. The first-order chi connectivity index (χ1) is 8.95. The quantitative estimate of drug-likeness (QED) is 0.520. The SMILES string of the molecule is Cn1ncc(Cl)c1C(NN)c1cc(F)c(Cl)cc1F. The van der Waals surface area contributed by atoms with Gasteiger partial charge in [-0.3, -0.25) is 10.5 Å². The summed E-state index contributed by atoms with van der Waals surface area (Å²) in [6.45, 7) is 0. The third-order valence-corrected chi connectivity index (χ3v) is 3.31. The van der Waals surface area contributed by atoms with E-state index in [1.165, 1.54) is 10.9 Å². The molecule has 0 radical (unpaired) electrons. The van der Waals surface area contributed by atoms with Gasteiger partial charge in [0.2, 0.25) is 0 Å². The number of aromatic nitrogens is 2. The van der Waals surface area contributed by atoms with Crippen LogP contribution in [0.2, 0.25) is 10.0 Å². The van der Waals surface area contributed by atoms with Gasteiger partial charge in [0.15, 0.2) is 0 Å². The maximum absolute atomic E-state index is 13.9. The molecule has 1 heterocycles. The zero-order valence-corrected chi connectivity index (χ0v) is 11.3. The zero-order chi connectivity index (χ0) is 14.2. The molecule has 0 aliphatic rings. The standard InChI is InChI=1S/C11H10Cl2F2N4/c1-19-11(7(13)4-17-19)10(18-16)5-2-9(15)6(12)3-8(5)14/h2-4,10,18H,16H2,1H3. The van der Waals surface area contributed by atoms with Crippen molar-refractivity contribution in [2.75, 3.05) is 0 Å². The van der Waals surface area contributed by atoms with Crippen LogP contribution in [0.15, 0.2) is 18.3 Å². The van der Waals surface area contributed by atoms with Gasteiger partial charge in [0.1, 0.15) is 11.6 Å². The van der Waals surface area contributed by atoms with Crippen molar-refractivity contribution >= 4 is 23.2 Å². The number of nitrogens with zero attached hydrogens (tertiary/aromatic N) is 2. The van der Waals surface area contributed by atoms with Crippen LogP contribution >= 0.6 is 23.2 Å². The number of benzene rings is 1. The van der Waals surface area contributed by atoms with Crippen molar-refractivity contribution in [1.29, 1.82) is 0 Å². The van der Waals surface area contributed by atoms with Gasteiger partial charge >= 0.3 is 0 Å². The van der Waals surface area contributed by atoms with Crippen LogP contribution in [0, 0.1) is 11.6 Å². The van der Waals surface area contributed by atoms with Crippen LogP contribution in [0.25, 0.3) is 0 Å². The van der Waals surface area contributed by atoms with Crippen molar-refractivity contribution in [3.8, 4) is 0 Å². The summed E-state index contributed by atoms with van der Waals surface area (Å²) in [4.78, 5) is 0. The minimum atomic E-state index is -0.841. The highest BCUT2D eigenvalue weighted by Crippen LogP contribution is 2.31. The molecular weight excluding hydrogens is 297 g/mol. The second kappa shape index (κ2) is 5.42. The maximum atomic E-state index is 13.9. The Bertz CT molecular complexity index is 595. The Hall–Kier alpha value is -1.21. The molecule has 4 nitrogen and oxygen atoms in total. The van der Waals surface area contributed by atoms with Gasteiger partial charge in [-0.15, -0.1) is 0 Å². The Morgan fingerprint density at radius 1 is 1.26 bits per heavy atom. The second-order valence-electron chi connectivity index (χ2n) is 3.89. The Labute approximate surface area is 118 Å². The Morgan fingerprint density at radius 2 is 1.95 bits per heavy atom. The zero-order valence-electron chi connectivity index (χ0n) is 9.79. The topological polar surface area (TPSA) is 55.9 Å². The lowest BCUT2D eigenvalue weighted by molar-refractivity contribution is 0.523. The summed E-state index contributed by atoms with van der Waals surface area (Å²) in [6, 6.07) is 1.03. The molecule has 0 aliphatic carbocycles. The summed E-state index contributed by atoms with van der Waals surface area (Å²) in [5.74, 6) is 3.99. The Balaban J connectivity index is 2.58. The number of aryl methyl sites for hydroxylation is 1.